The number of hydrogen-bond acceptors (Lipinski definition) is 3. The second kappa shape index (κ2) is 5.33. The van der Waals surface area contributed by atoms with Gasteiger partial charge in [0.05, 0.1) is 0 Å². The Morgan fingerprint density at radius 2 is 1.93 bits per heavy atom. The summed E-state index contributed by atoms with van der Waals surface area (Å²) in [5.41, 5.74) is 4.35. The Morgan fingerprint density at radius 1 is 1.33 bits per heavy atom. The molecule has 1 saturated heterocycles. The Balaban J connectivity index is 2.31. The molecule has 0 aromatic carbocycles. The third-order valence-electron chi connectivity index (χ3n) is 2.18. The smallest absolute Gasteiger partial charge is 0.251 e. The summed E-state index contributed by atoms with van der Waals surface area (Å²) >= 11 is 0. The number of hydrazine groups is 1. The van der Waals surface area contributed by atoms with Gasteiger partial charge in [-0.05, 0) is 6.42 Å². The van der Waals surface area contributed by atoms with Crippen LogP contribution in [-0.4, -0.2) is 24.3 Å². The monoisotopic (exact) mass is 213 g/mol. The Hall–Kier alpha value is -1.59. The molecule has 0 spiro atoms. The summed E-state index contributed by atoms with van der Waals surface area (Å²) in [5.74, 6) is -2.02. The molecule has 0 saturated carbocycles. The van der Waals surface area contributed by atoms with Crippen molar-refractivity contribution in [1.29, 1.82) is 0 Å². The SMILES string of the molecule is CCCCNC(=O)CC1C(=O)NNC1=O. The first-order valence-corrected chi connectivity index (χ1v) is 5.01. The van der Waals surface area contributed by atoms with E-state index in [2.05, 4.69) is 16.2 Å². The van der Waals surface area contributed by atoms with E-state index in [1.54, 1.807) is 0 Å². The summed E-state index contributed by atoms with van der Waals surface area (Å²) in [4.78, 5) is 33.4. The topological polar surface area (TPSA) is 87.3 Å². The molecule has 0 atom stereocenters. The molecule has 1 rings (SSSR count). The minimum Gasteiger partial charge on any atom is -0.356 e. The number of carbonyl (C=O) groups is 3. The first kappa shape index (κ1) is 11.5. The lowest BCUT2D eigenvalue weighted by atomic mass is 10.1. The largest absolute Gasteiger partial charge is 0.356 e. The third-order valence-corrected chi connectivity index (χ3v) is 2.18. The van der Waals surface area contributed by atoms with Gasteiger partial charge >= 0.3 is 0 Å². The number of carbonyl (C=O) groups excluding carboxylic acids is 3. The Bertz CT molecular complexity index is 262. The van der Waals surface area contributed by atoms with Crippen LogP contribution in [0.3, 0.4) is 0 Å². The first-order chi connectivity index (χ1) is 7.15. The lowest BCUT2D eigenvalue weighted by molar-refractivity contribution is -0.133. The zero-order valence-electron chi connectivity index (χ0n) is 8.63. The molecule has 3 amide bonds. The summed E-state index contributed by atoms with van der Waals surface area (Å²) in [5, 5.41) is 2.65. The van der Waals surface area contributed by atoms with Crippen molar-refractivity contribution in [3.8, 4) is 0 Å². The molecule has 0 unspecified atom stereocenters. The Labute approximate surface area is 87.8 Å². The molecule has 0 aromatic rings. The highest BCUT2D eigenvalue weighted by atomic mass is 16.2. The molecule has 0 aliphatic carbocycles. The van der Waals surface area contributed by atoms with Gasteiger partial charge < -0.3 is 5.32 Å². The van der Waals surface area contributed by atoms with E-state index in [0.29, 0.717) is 6.54 Å². The minimum atomic E-state index is -0.883. The first-order valence-electron chi connectivity index (χ1n) is 5.01. The molecule has 0 bridgehead atoms. The number of hydrogen-bond donors (Lipinski definition) is 3. The van der Waals surface area contributed by atoms with Crippen molar-refractivity contribution in [3.63, 3.8) is 0 Å². The molecule has 1 heterocycles. The van der Waals surface area contributed by atoms with Crippen LogP contribution in [0.5, 0.6) is 0 Å². The van der Waals surface area contributed by atoms with Crippen LogP contribution in [0.15, 0.2) is 0 Å². The van der Waals surface area contributed by atoms with E-state index < -0.39 is 17.7 Å². The van der Waals surface area contributed by atoms with Crippen molar-refractivity contribution >= 4 is 17.7 Å². The number of rotatable bonds is 5. The average molecular weight is 213 g/mol. The molecule has 6 heteroatoms. The summed E-state index contributed by atoms with van der Waals surface area (Å²) in [6.07, 6.45) is 1.81. The van der Waals surface area contributed by atoms with Crippen LogP contribution >= 0.6 is 0 Å². The van der Waals surface area contributed by atoms with Crippen LogP contribution in [0.25, 0.3) is 0 Å². The minimum absolute atomic E-state index is 0.0820. The molecule has 1 aliphatic heterocycles. The molecular weight excluding hydrogens is 198 g/mol. The van der Waals surface area contributed by atoms with Crippen molar-refractivity contribution < 1.29 is 14.4 Å². The van der Waals surface area contributed by atoms with Crippen molar-refractivity contribution in [2.45, 2.75) is 26.2 Å². The summed E-state index contributed by atoms with van der Waals surface area (Å²) in [6, 6.07) is 0. The summed E-state index contributed by atoms with van der Waals surface area (Å²) < 4.78 is 0. The highest BCUT2D eigenvalue weighted by Crippen LogP contribution is 2.07. The second-order valence-electron chi connectivity index (χ2n) is 3.44. The van der Waals surface area contributed by atoms with E-state index in [1.807, 2.05) is 6.92 Å². The zero-order chi connectivity index (χ0) is 11.3. The molecule has 1 aliphatic rings. The highest BCUT2D eigenvalue weighted by molar-refractivity contribution is 6.07. The maximum atomic E-state index is 11.3. The van der Waals surface area contributed by atoms with Crippen molar-refractivity contribution in [2.75, 3.05) is 6.54 Å². The van der Waals surface area contributed by atoms with Crippen LogP contribution in [0.4, 0.5) is 0 Å². The lowest BCUT2D eigenvalue weighted by Gasteiger charge is -2.05. The molecular formula is C9H15N3O3. The van der Waals surface area contributed by atoms with E-state index in [9.17, 15) is 14.4 Å². The van der Waals surface area contributed by atoms with Gasteiger partial charge in [-0.1, -0.05) is 13.3 Å². The summed E-state index contributed by atoms with van der Waals surface area (Å²) in [7, 11) is 0. The Kier molecular flexibility index (Phi) is 4.08. The second-order valence-corrected chi connectivity index (χ2v) is 3.44. The predicted octanol–water partition coefficient (Wildman–Crippen LogP) is -0.930. The number of nitrogens with one attached hydrogen (secondary N) is 3. The van der Waals surface area contributed by atoms with E-state index in [0.717, 1.165) is 12.8 Å². The zero-order valence-corrected chi connectivity index (χ0v) is 8.63. The predicted molar refractivity (Wildman–Crippen MR) is 52.3 cm³/mol. The van der Waals surface area contributed by atoms with Crippen LogP contribution in [-0.2, 0) is 14.4 Å². The Morgan fingerprint density at radius 3 is 2.47 bits per heavy atom. The lowest BCUT2D eigenvalue weighted by Crippen LogP contribution is -2.30. The fourth-order valence-corrected chi connectivity index (χ4v) is 1.26. The van der Waals surface area contributed by atoms with Crippen LogP contribution in [0.1, 0.15) is 26.2 Å². The maximum absolute atomic E-state index is 11.3. The molecule has 84 valence electrons. The maximum Gasteiger partial charge on any atom is 0.251 e. The van der Waals surface area contributed by atoms with Crippen molar-refractivity contribution in [1.82, 2.24) is 16.2 Å². The molecule has 3 N–H and O–H groups in total. The molecule has 0 radical (unpaired) electrons. The van der Waals surface area contributed by atoms with E-state index in [-0.39, 0.29) is 12.3 Å². The average Bonchev–Trinajstić information content (AvgIpc) is 2.50. The van der Waals surface area contributed by atoms with Gasteiger partial charge in [-0.25, -0.2) is 0 Å². The third kappa shape index (κ3) is 3.23. The van der Waals surface area contributed by atoms with Crippen molar-refractivity contribution in [2.24, 2.45) is 5.92 Å². The summed E-state index contributed by atoms with van der Waals surface area (Å²) in [6.45, 7) is 2.61. The van der Waals surface area contributed by atoms with E-state index in [4.69, 9.17) is 0 Å². The van der Waals surface area contributed by atoms with Gasteiger partial charge in [0, 0.05) is 13.0 Å². The van der Waals surface area contributed by atoms with Gasteiger partial charge in [-0.3, -0.25) is 25.2 Å². The van der Waals surface area contributed by atoms with Crippen LogP contribution in [0, 0.1) is 5.92 Å². The standard InChI is InChI=1S/C9H15N3O3/c1-2-3-4-10-7(13)5-6-8(14)11-12-9(6)15/h6H,2-5H2,1H3,(H,10,13)(H,11,14)(H,12,15). The molecule has 1 fully saturated rings. The molecule has 15 heavy (non-hydrogen) atoms. The quantitative estimate of drug-likeness (QED) is 0.407. The van der Waals surface area contributed by atoms with Gasteiger partial charge in [0.2, 0.25) is 5.91 Å². The normalized spacial score (nSPS) is 16.1. The number of amides is 3. The van der Waals surface area contributed by atoms with Crippen LogP contribution in [0.2, 0.25) is 0 Å². The fourth-order valence-electron chi connectivity index (χ4n) is 1.26. The van der Waals surface area contributed by atoms with E-state index >= 15 is 0 Å². The molecule has 6 nitrogen and oxygen atoms in total. The van der Waals surface area contributed by atoms with Crippen molar-refractivity contribution in [3.05, 3.63) is 0 Å². The highest BCUT2D eigenvalue weighted by Gasteiger charge is 2.34. The van der Waals surface area contributed by atoms with Gasteiger partial charge in [0.25, 0.3) is 11.8 Å². The van der Waals surface area contributed by atoms with Crippen LogP contribution < -0.4 is 16.2 Å². The number of unbranched alkanes of at least 4 members (excludes halogenated alkanes) is 1. The van der Waals surface area contributed by atoms with Gasteiger partial charge in [0.15, 0.2) is 0 Å². The van der Waals surface area contributed by atoms with Gasteiger partial charge in [0.1, 0.15) is 5.92 Å². The fraction of sp³-hybridized carbons (Fsp3) is 0.667. The van der Waals surface area contributed by atoms with Gasteiger partial charge in [-0.2, -0.15) is 0 Å². The molecule has 0 aromatic heterocycles. The van der Waals surface area contributed by atoms with E-state index in [1.165, 1.54) is 0 Å². The van der Waals surface area contributed by atoms with Gasteiger partial charge in [-0.15, -0.1) is 0 Å².